The van der Waals surface area contributed by atoms with Crippen LogP contribution in [0.4, 0.5) is 4.79 Å². The second kappa shape index (κ2) is 13.2. The Morgan fingerprint density at radius 1 is 0.936 bits per heavy atom. The second-order valence-corrected chi connectivity index (χ2v) is 11.3. The fourth-order valence-corrected chi connectivity index (χ4v) is 5.82. The van der Waals surface area contributed by atoms with Gasteiger partial charge in [0.05, 0.1) is 26.7 Å². The summed E-state index contributed by atoms with van der Waals surface area (Å²) in [6.07, 6.45) is -0.461. The van der Waals surface area contributed by atoms with E-state index < -0.39 is 48.4 Å². The van der Waals surface area contributed by atoms with E-state index >= 15 is 0 Å². The first-order valence-electron chi connectivity index (χ1n) is 14.8. The van der Waals surface area contributed by atoms with Crippen LogP contribution in [-0.4, -0.2) is 65.3 Å². The van der Waals surface area contributed by atoms with Gasteiger partial charge in [0.25, 0.3) is 5.91 Å². The predicted molar refractivity (Wildman–Crippen MR) is 174 cm³/mol. The van der Waals surface area contributed by atoms with Crippen LogP contribution < -0.4 is 20.5 Å². The number of carboxylic acids is 1. The lowest BCUT2D eigenvalue weighted by molar-refractivity contribution is -0.139. The molecule has 242 valence electrons. The average Bonchev–Trinajstić information content (AvgIpc) is 3.24. The minimum absolute atomic E-state index is 0.0613. The zero-order valence-corrected chi connectivity index (χ0v) is 26.2. The van der Waals surface area contributed by atoms with E-state index in [1.54, 1.807) is 49.4 Å². The summed E-state index contributed by atoms with van der Waals surface area (Å²) in [5, 5.41) is 22.0. The number of aliphatic carboxylic acids is 1. The Morgan fingerprint density at radius 3 is 2.26 bits per heavy atom. The molecule has 5 N–H and O–H groups in total. The Bertz CT molecular complexity index is 1880. The van der Waals surface area contributed by atoms with Crippen molar-refractivity contribution < 1.29 is 33.8 Å². The highest BCUT2D eigenvalue weighted by molar-refractivity contribution is 6.09. The molecule has 1 aliphatic rings. The molecule has 1 aliphatic heterocycles. The zero-order chi connectivity index (χ0) is 33.9. The van der Waals surface area contributed by atoms with E-state index in [1.807, 2.05) is 42.5 Å². The Kier molecular flexibility index (Phi) is 9.13. The van der Waals surface area contributed by atoms with Gasteiger partial charge in [-0.25, -0.2) is 4.79 Å². The summed E-state index contributed by atoms with van der Waals surface area (Å²) in [4.78, 5) is 55.7. The van der Waals surface area contributed by atoms with Crippen LogP contribution in [0.15, 0.2) is 84.9 Å². The lowest BCUT2D eigenvalue weighted by Crippen LogP contribution is -2.44. The molecule has 4 aromatic carbocycles. The smallest absolute Gasteiger partial charge is 0.328 e. The molecule has 0 aromatic heterocycles. The number of amidine groups is 1. The minimum Gasteiger partial charge on any atom is -0.493 e. The summed E-state index contributed by atoms with van der Waals surface area (Å²) in [7, 11) is 2.90. The summed E-state index contributed by atoms with van der Waals surface area (Å²) in [5.74, 6) is -1.90. The molecular weight excluding hydrogens is 602 g/mol. The standard InChI is InChI=1S/C35H35N5O7/c1-35(26-13-10-23(11-14-26)32(36)37)33(44)39(34(45)40(35)19-21-8-9-22-6-4-5-7-24(22)16-21)20-30(41)38-27(18-31(42)43)25-12-15-28(46-2)29(17-25)47-3/h4-17,27H,18-20H2,1-3H3,(H3,36,37)(H,38,41)(H,42,43). The van der Waals surface area contributed by atoms with Crippen molar-refractivity contribution in [1.29, 1.82) is 5.41 Å². The van der Waals surface area contributed by atoms with E-state index in [9.17, 15) is 24.3 Å². The molecule has 12 heteroatoms. The van der Waals surface area contributed by atoms with Crippen molar-refractivity contribution in [2.24, 2.45) is 5.73 Å². The largest absolute Gasteiger partial charge is 0.493 e. The Hall–Kier alpha value is -5.91. The maximum atomic E-state index is 14.2. The number of carbonyl (C=O) groups is 4. The quantitative estimate of drug-likeness (QED) is 0.102. The molecule has 4 aromatic rings. The number of amides is 4. The van der Waals surface area contributed by atoms with Crippen LogP contribution in [0.1, 0.15) is 41.6 Å². The number of hydrogen-bond donors (Lipinski definition) is 4. The highest BCUT2D eigenvalue weighted by Gasteiger charge is 2.55. The topological polar surface area (TPSA) is 175 Å². The summed E-state index contributed by atoms with van der Waals surface area (Å²) >= 11 is 0. The maximum Gasteiger partial charge on any atom is 0.328 e. The number of carbonyl (C=O) groups excluding carboxylic acids is 3. The van der Waals surface area contributed by atoms with Crippen molar-refractivity contribution >= 4 is 40.4 Å². The molecule has 0 saturated carbocycles. The van der Waals surface area contributed by atoms with Gasteiger partial charge in [-0.15, -0.1) is 0 Å². The summed E-state index contributed by atoms with van der Waals surface area (Å²) in [6.45, 7) is 1.04. The number of nitrogens with zero attached hydrogens (tertiary/aromatic N) is 2. The van der Waals surface area contributed by atoms with Crippen LogP contribution in [0.3, 0.4) is 0 Å². The highest BCUT2D eigenvalue weighted by Crippen LogP contribution is 2.39. The van der Waals surface area contributed by atoms with Gasteiger partial charge in [0.2, 0.25) is 5.91 Å². The zero-order valence-electron chi connectivity index (χ0n) is 26.2. The number of nitrogens with two attached hydrogens (primary N) is 1. The molecule has 2 unspecified atom stereocenters. The number of nitrogen functional groups attached to an aromatic ring is 1. The molecule has 0 radical (unpaired) electrons. The van der Waals surface area contributed by atoms with Gasteiger partial charge in [-0.2, -0.15) is 0 Å². The molecular formula is C35H35N5O7. The van der Waals surface area contributed by atoms with Crippen molar-refractivity contribution in [1.82, 2.24) is 15.1 Å². The summed E-state index contributed by atoms with van der Waals surface area (Å²) in [6, 6.07) is 23.1. The number of benzene rings is 4. The molecule has 2 atom stereocenters. The highest BCUT2D eigenvalue weighted by atomic mass is 16.5. The normalized spacial score (nSPS) is 16.7. The van der Waals surface area contributed by atoms with Gasteiger partial charge >= 0.3 is 12.0 Å². The third-order valence-electron chi connectivity index (χ3n) is 8.40. The number of methoxy groups -OCH3 is 2. The first kappa shape index (κ1) is 32.5. The van der Waals surface area contributed by atoms with Crippen LogP contribution in [0.25, 0.3) is 10.8 Å². The van der Waals surface area contributed by atoms with E-state index in [0.717, 1.165) is 21.2 Å². The molecule has 4 amide bonds. The van der Waals surface area contributed by atoms with Gasteiger partial charge in [0.1, 0.15) is 17.9 Å². The molecule has 1 fully saturated rings. The number of ether oxygens (including phenoxy) is 2. The van der Waals surface area contributed by atoms with Crippen molar-refractivity contribution in [2.75, 3.05) is 20.8 Å². The van der Waals surface area contributed by atoms with Gasteiger partial charge in [-0.1, -0.05) is 66.7 Å². The number of rotatable bonds is 12. The third kappa shape index (κ3) is 6.43. The van der Waals surface area contributed by atoms with Crippen molar-refractivity contribution in [2.45, 2.75) is 31.5 Å². The van der Waals surface area contributed by atoms with Crippen LogP contribution in [0.2, 0.25) is 0 Å². The number of hydrogen-bond acceptors (Lipinski definition) is 7. The summed E-state index contributed by atoms with van der Waals surface area (Å²) < 4.78 is 10.6. The lowest BCUT2D eigenvalue weighted by atomic mass is 9.89. The third-order valence-corrected chi connectivity index (χ3v) is 8.40. The molecule has 5 rings (SSSR count). The molecule has 12 nitrogen and oxygen atoms in total. The fourth-order valence-electron chi connectivity index (χ4n) is 5.82. The number of carboxylic acid groups (broad SMARTS) is 1. The number of imide groups is 1. The maximum absolute atomic E-state index is 14.2. The molecule has 1 saturated heterocycles. The van der Waals surface area contributed by atoms with Crippen LogP contribution in [0.5, 0.6) is 11.5 Å². The van der Waals surface area contributed by atoms with Gasteiger partial charge in [0.15, 0.2) is 11.5 Å². The number of urea groups is 1. The second-order valence-electron chi connectivity index (χ2n) is 11.3. The molecule has 0 bridgehead atoms. The summed E-state index contributed by atoms with van der Waals surface area (Å²) in [5.41, 5.74) is 6.26. The van der Waals surface area contributed by atoms with E-state index in [0.29, 0.717) is 28.2 Å². The van der Waals surface area contributed by atoms with Gasteiger partial charge in [-0.05, 0) is 52.6 Å². The molecule has 0 aliphatic carbocycles. The van der Waals surface area contributed by atoms with E-state index in [1.165, 1.54) is 19.1 Å². The SMILES string of the molecule is COc1ccc(C(CC(=O)O)NC(=O)CN2C(=O)N(Cc3ccc4ccccc4c3)C(C)(c3ccc(C(=N)N)cc3)C2=O)cc1OC. The van der Waals surface area contributed by atoms with Crippen molar-refractivity contribution in [3.8, 4) is 11.5 Å². The van der Waals surface area contributed by atoms with Crippen LogP contribution >= 0.6 is 0 Å². The average molecular weight is 638 g/mol. The minimum atomic E-state index is -1.51. The van der Waals surface area contributed by atoms with E-state index in [-0.39, 0.29) is 12.4 Å². The first-order chi connectivity index (χ1) is 22.5. The Morgan fingerprint density at radius 2 is 1.62 bits per heavy atom. The van der Waals surface area contributed by atoms with E-state index in [2.05, 4.69) is 5.32 Å². The molecule has 1 heterocycles. The van der Waals surface area contributed by atoms with E-state index in [4.69, 9.17) is 20.6 Å². The lowest BCUT2D eigenvalue weighted by Gasteiger charge is -2.32. The number of nitrogens with one attached hydrogen (secondary N) is 2. The predicted octanol–water partition coefficient (Wildman–Crippen LogP) is 4.15. The first-order valence-corrected chi connectivity index (χ1v) is 14.8. The van der Waals surface area contributed by atoms with Gasteiger partial charge < -0.3 is 30.5 Å². The van der Waals surface area contributed by atoms with Crippen molar-refractivity contribution in [3.63, 3.8) is 0 Å². The molecule has 47 heavy (non-hydrogen) atoms. The van der Waals surface area contributed by atoms with Crippen molar-refractivity contribution in [3.05, 3.63) is 107 Å². The van der Waals surface area contributed by atoms with Crippen LogP contribution in [-0.2, 0) is 26.5 Å². The van der Waals surface area contributed by atoms with Gasteiger partial charge in [0, 0.05) is 12.1 Å². The Balaban J connectivity index is 1.46. The monoisotopic (exact) mass is 637 g/mol. The fraction of sp³-hybridized carbons (Fsp3) is 0.229. The molecule has 0 spiro atoms. The number of fused-ring (bicyclic) bond motifs is 1. The van der Waals surface area contributed by atoms with Gasteiger partial charge in [-0.3, -0.25) is 24.7 Å². The Labute approximate surface area is 271 Å². The van der Waals surface area contributed by atoms with Crippen LogP contribution in [0, 0.1) is 5.41 Å².